The maximum atomic E-state index is 13.0. The molecule has 0 saturated carbocycles. The van der Waals surface area contributed by atoms with Crippen LogP contribution in [-0.4, -0.2) is 96.7 Å². The summed E-state index contributed by atoms with van der Waals surface area (Å²) in [5, 5.41) is 10.6. The fraction of sp³-hybridized carbons (Fsp3) is 0.943. The summed E-state index contributed by atoms with van der Waals surface area (Å²) in [7, 11) is -9.90. The van der Waals surface area contributed by atoms with Crippen molar-refractivity contribution in [1.29, 1.82) is 0 Å². The lowest BCUT2D eigenvalue weighted by atomic mass is 10.0. The van der Waals surface area contributed by atoms with Gasteiger partial charge in [-0.15, -0.1) is 0 Å². The number of aliphatic hydroxyl groups is 1. The minimum atomic E-state index is -4.95. The van der Waals surface area contributed by atoms with Gasteiger partial charge in [0.25, 0.3) is 0 Å². The van der Waals surface area contributed by atoms with E-state index < -0.39 is 97.5 Å². The molecule has 0 amide bonds. The maximum absolute atomic E-state index is 13.0. The van der Waals surface area contributed by atoms with Gasteiger partial charge in [-0.3, -0.25) is 37.3 Å². The third-order valence-corrected chi connectivity index (χ3v) is 18.1. The smallest absolute Gasteiger partial charge is 0.462 e. The Morgan fingerprint density at radius 1 is 0.303 bits per heavy atom. The van der Waals surface area contributed by atoms with Gasteiger partial charge in [0.05, 0.1) is 26.4 Å². The number of rotatable bonds is 69. The molecule has 89 heavy (non-hydrogen) atoms. The van der Waals surface area contributed by atoms with Crippen LogP contribution in [0.3, 0.4) is 0 Å². The van der Waals surface area contributed by atoms with Gasteiger partial charge in [0.1, 0.15) is 19.3 Å². The Morgan fingerprint density at radius 3 is 0.764 bits per heavy atom. The van der Waals surface area contributed by atoms with Crippen molar-refractivity contribution in [2.45, 2.75) is 374 Å². The molecule has 0 aliphatic rings. The van der Waals surface area contributed by atoms with Crippen molar-refractivity contribution in [1.82, 2.24) is 0 Å². The number of phosphoric ester groups is 2. The quantitative estimate of drug-likeness (QED) is 0.0222. The van der Waals surface area contributed by atoms with Crippen molar-refractivity contribution in [3.8, 4) is 0 Å². The van der Waals surface area contributed by atoms with Crippen molar-refractivity contribution in [2.75, 3.05) is 39.6 Å². The lowest BCUT2D eigenvalue weighted by Gasteiger charge is -2.21. The first kappa shape index (κ1) is 87.1. The number of hydrogen-bond acceptors (Lipinski definition) is 15. The van der Waals surface area contributed by atoms with Crippen LogP contribution in [0.1, 0.15) is 356 Å². The molecule has 2 unspecified atom stereocenters. The van der Waals surface area contributed by atoms with Crippen LogP contribution >= 0.6 is 15.6 Å². The van der Waals surface area contributed by atoms with Crippen molar-refractivity contribution in [3.05, 3.63) is 0 Å². The highest BCUT2D eigenvalue weighted by molar-refractivity contribution is 7.47. The molecule has 0 rings (SSSR count). The predicted octanol–water partition coefficient (Wildman–Crippen LogP) is 20.0. The Morgan fingerprint density at radius 2 is 0.517 bits per heavy atom. The highest BCUT2D eigenvalue weighted by Gasteiger charge is 2.30. The number of unbranched alkanes of at least 4 members (excludes halogenated alkanes) is 39. The number of aliphatic hydroxyl groups excluding tert-OH is 1. The molecule has 19 heteroatoms. The third-order valence-electron chi connectivity index (χ3n) is 16.2. The molecule has 0 aromatic carbocycles. The number of phosphoric acid groups is 2. The first-order valence-corrected chi connectivity index (χ1v) is 39.5. The zero-order chi connectivity index (χ0) is 65.7. The molecule has 3 N–H and O–H groups in total. The summed E-state index contributed by atoms with van der Waals surface area (Å²) in [4.78, 5) is 72.5. The molecule has 0 fully saturated rings. The van der Waals surface area contributed by atoms with Crippen molar-refractivity contribution in [3.63, 3.8) is 0 Å². The SMILES string of the molecule is CCCCCCCCCCCCCCCCCC(=O)O[C@H](COC(=O)CCCCCCCCCCCCCC(C)C)COP(=O)(O)OC[C@@H](O)COP(=O)(O)OC[C@@H](COC(=O)CCCCCCCCCCCC)OC(=O)CCCCCCCCCC(C)C. The number of hydrogen-bond donors (Lipinski definition) is 3. The van der Waals surface area contributed by atoms with E-state index >= 15 is 0 Å². The Balaban J connectivity index is 5.24. The lowest BCUT2D eigenvalue weighted by Crippen LogP contribution is -2.30. The molecule has 5 atom stereocenters. The fourth-order valence-electron chi connectivity index (χ4n) is 10.6. The number of esters is 4. The zero-order valence-corrected chi connectivity index (χ0v) is 59.5. The van der Waals surface area contributed by atoms with Crippen LogP contribution in [0.2, 0.25) is 0 Å². The number of carbonyl (C=O) groups excluding carboxylic acids is 4. The topological polar surface area (TPSA) is 237 Å². The second-order valence-corrected chi connectivity index (χ2v) is 29.1. The van der Waals surface area contributed by atoms with Gasteiger partial charge in [-0.25, -0.2) is 9.13 Å². The Bertz CT molecular complexity index is 1730. The minimum absolute atomic E-state index is 0.104. The second kappa shape index (κ2) is 62.2. The van der Waals surface area contributed by atoms with Crippen LogP contribution < -0.4 is 0 Å². The molecule has 0 saturated heterocycles. The second-order valence-electron chi connectivity index (χ2n) is 26.2. The van der Waals surface area contributed by atoms with E-state index in [1.807, 2.05) is 0 Å². The summed E-state index contributed by atoms with van der Waals surface area (Å²) >= 11 is 0. The summed E-state index contributed by atoms with van der Waals surface area (Å²) in [5.74, 6) is -0.658. The Labute approximate surface area is 543 Å². The summed E-state index contributed by atoms with van der Waals surface area (Å²) in [5.41, 5.74) is 0. The van der Waals surface area contributed by atoms with Crippen LogP contribution in [0.4, 0.5) is 0 Å². The van der Waals surface area contributed by atoms with Crippen LogP contribution in [0.25, 0.3) is 0 Å². The van der Waals surface area contributed by atoms with Crippen molar-refractivity contribution < 1.29 is 80.2 Å². The van der Waals surface area contributed by atoms with Crippen LogP contribution in [0.5, 0.6) is 0 Å². The molecule has 0 aromatic rings. The number of carbonyl (C=O) groups is 4. The average molecular weight is 1310 g/mol. The predicted molar refractivity (Wildman–Crippen MR) is 358 cm³/mol. The molecule has 17 nitrogen and oxygen atoms in total. The average Bonchev–Trinajstić information content (AvgIpc) is 3.56. The minimum Gasteiger partial charge on any atom is -0.462 e. The standard InChI is InChI=1S/C70H136O17P2/c1-7-9-11-13-15-17-19-20-21-22-25-30-36-42-48-54-69(74)86-65(58-81-68(73)53-47-41-35-29-26-23-24-27-32-38-44-50-62(3)4)60-84-88(76,77)82-56-64(71)57-83-89(78,79)85-61-66(87-70(75)55-49-43-37-31-33-39-45-51-63(5)6)59-80-67(72)52-46-40-34-28-18-16-14-12-10-8-2/h62-66,71H,7-61H2,1-6H3,(H,76,77)(H,78,79)/t64-,65-,66-/m1/s1. The largest absolute Gasteiger partial charge is 0.472 e. The summed E-state index contributed by atoms with van der Waals surface area (Å²) < 4.78 is 68.3. The monoisotopic (exact) mass is 1310 g/mol. The van der Waals surface area contributed by atoms with Gasteiger partial charge in [0.15, 0.2) is 12.2 Å². The highest BCUT2D eigenvalue weighted by atomic mass is 31.2. The van der Waals surface area contributed by atoms with Crippen LogP contribution in [0.15, 0.2) is 0 Å². The van der Waals surface area contributed by atoms with Gasteiger partial charge in [0, 0.05) is 25.7 Å². The van der Waals surface area contributed by atoms with E-state index in [1.54, 1.807) is 0 Å². The summed E-state index contributed by atoms with van der Waals surface area (Å²) in [6, 6.07) is 0. The molecule has 528 valence electrons. The van der Waals surface area contributed by atoms with E-state index in [0.29, 0.717) is 31.6 Å². The van der Waals surface area contributed by atoms with Crippen molar-refractivity contribution in [2.24, 2.45) is 11.8 Å². The molecule has 0 aromatic heterocycles. The van der Waals surface area contributed by atoms with E-state index in [4.69, 9.17) is 37.0 Å². The molecular weight excluding hydrogens is 1170 g/mol. The Kier molecular flexibility index (Phi) is 60.8. The van der Waals surface area contributed by atoms with Gasteiger partial charge in [-0.1, -0.05) is 305 Å². The molecule has 0 spiro atoms. The normalized spacial score (nSPS) is 14.1. The van der Waals surface area contributed by atoms with Crippen LogP contribution in [-0.2, 0) is 65.4 Å². The van der Waals surface area contributed by atoms with Crippen LogP contribution in [0, 0.1) is 11.8 Å². The van der Waals surface area contributed by atoms with E-state index in [2.05, 4.69) is 41.5 Å². The molecular formula is C70H136O17P2. The van der Waals surface area contributed by atoms with Gasteiger partial charge in [-0.05, 0) is 37.5 Å². The molecule has 0 aliphatic carbocycles. The van der Waals surface area contributed by atoms with Crippen molar-refractivity contribution >= 4 is 39.5 Å². The van der Waals surface area contributed by atoms with Gasteiger partial charge < -0.3 is 33.8 Å². The summed E-state index contributed by atoms with van der Waals surface area (Å²) in [6.07, 6.45) is 47.2. The first-order valence-electron chi connectivity index (χ1n) is 36.5. The zero-order valence-electron chi connectivity index (χ0n) is 57.7. The third kappa shape index (κ3) is 64.6. The highest BCUT2D eigenvalue weighted by Crippen LogP contribution is 2.45. The molecule has 0 heterocycles. The molecule has 0 aliphatic heterocycles. The van der Waals surface area contributed by atoms with E-state index in [0.717, 1.165) is 95.8 Å². The molecule has 0 bridgehead atoms. The van der Waals surface area contributed by atoms with Gasteiger partial charge in [-0.2, -0.15) is 0 Å². The Hall–Kier alpha value is -1.94. The molecule has 0 radical (unpaired) electrons. The lowest BCUT2D eigenvalue weighted by molar-refractivity contribution is -0.161. The maximum Gasteiger partial charge on any atom is 0.472 e. The fourth-order valence-corrected chi connectivity index (χ4v) is 12.2. The van der Waals surface area contributed by atoms with Gasteiger partial charge >= 0.3 is 39.5 Å². The first-order chi connectivity index (χ1) is 42.9. The van der Waals surface area contributed by atoms with E-state index in [-0.39, 0.29) is 25.7 Å². The van der Waals surface area contributed by atoms with E-state index in [9.17, 15) is 43.2 Å². The summed E-state index contributed by atoms with van der Waals surface area (Å²) in [6.45, 7) is 9.49. The number of ether oxygens (including phenoxy) is 4. The van der Waals surface area contributed by atoms with E-state index in [1.165, 1.54) is 173 Å². The van der Waals surface area contributed by atoms with Gasteiger partial charge in [0.2, 0.25) is 0 Å².